The number of carbonyl (C=O) groups excluding carboxylic acids is 1. The number of amides is 1. The number of rotatable bonds is 3. The molecule has 0 spiro atoms. The van der Waals surface area contributed by atoms with Gasteiger partial charge in [0.2, 0.25) is 11.9 Å². The number of carbonyl (C=O) groups is 1. The number of halogens is 1. The van der Waals surface area contributed by atoms with Gasteiger partial charge in [-0.2, -0.15) is 0 Å². The molecular formula is C17H20FN5O. The van der Waals surface area contributed by atoms with Crippen LogP contribution in [0.4, 0.5) is 10.3 Å². The Bertz CT molecular complexity index is 752. The third kappa shape index (κ3) is 3.07. The number of hydrogen-bond acceptors (Lipinski definition) is 5. The lowest BCUT2D eigenvalue weighted by atomic mass is 9.93. The molecule has 1 amide bonds. The summed E-state index contributed by atoms with van der Waals surface area (Å²) >= 11 is 0. The molecule has 1 unspecified atom stereocenters. The largest absolute Gasteiger partial charge is 0.368 e. The molecule has 3 rings (SSSR count). The van der Waals surface area contributed by atoms with Crippen molar-refractivity contribution in [2.75, 3.05) is 18.8 Å². The van der Waals surface area contributed by atoms with E-state index in [1.807, 2.05) is 0 Å². The first kappa shape index (κ1) is 16.3. The van der Waals surface area contributed by atoms with Gasteiger partial charge in [-0.05, 0) is 25.3 Å². The molecule has 6 nitrogen and oxygen atoms in total. The number of benzene rings is 1. The molecule has 126 valence electrons. The van der Waals surface area contributed by atoms with Crippen molar-refractivity contribution in [3.8, 4) is 11.1 Å². The number of hydrogen-bond donors (Lipinski definition) is 2. The Balaban J connectivity index is 2.11. The number of likely N-dealkylation sites (tertiary alicyclic amines) is 1. The summed E-state index contributed by atoms with van der Waals surface area (Å²) in [5, 5.41) is 0. The second-order valence-corrected chi connectivity index (χ2v) is 5.81. The second-order valence-electron chi connectivity index (χ2n) is 5.81. The predicted molar refractivity (Wildman–Crippen MR) is 89.2 cm³/mol. The van der Waals surface area contributed by atoms with Crippen LogP contribution < -0.4 is 11.5 Å². The van der Waals surface area contributed by atoms with Gasteiger partial charge < -0.3 is 16.4 Å². The highest BCUT2D eigenvalue weighted by atomic mass is 19.1. The number of piperidine rings is 1. The summed E-state index contributed by atoms with van der Waals surface area (Å²) in [6.45, 7) is 0.549. The third-order valence-corrected chi connectivity index (χ3v) is 4.31. The van der Waals surface area contributed by atoms with E-state index in [0.29, 0.717) is 23.4 Å². The summed E-state index contributed by atoms with van der Waals surface area (Å²) in [5.41, 5.74) is 12.8. The van der Waals surface area contributed by atoms with E-state index in [2.05, 4.69) is 9.97 Å². The molecule has 1 aliphatic rings. The van der Waals surface area contributed by atoms with Crippen LogP contribution in [0.25, 0.3) is 11.1 Å². The van der Waals surface area contributed by atoms with Crippen molar-refractivity contribution < 1.29 is 9.18 Å². The zero-order valence-corrected chi connectivity index (χ0v) is 13.3. The van der Waals surface area contributed by atoms with Crippen LogP contribution in [0.5, 0.6) is 0 Å². The molecule has 1 saturated heterocycles. The Hall–Kier alpha value is -2.54. The second kappa shape index (κ2) is 6.92. The van der Waals surface area contributed by atoms with Gasteiger partial charge in [-0.15, -0.1) is 0 Å². The molecule has 1 atom stereocenters. The van der Waals surface area contributed by atoms with Crippen LogP contribution in [-0.4, -0.2) is 33.9 Å². The number of nitrogen functional groups attached to an aromatic ring is 1. The first-order valence-corrected chi connectivity index (χ1v) is 7.98. The molecule has 4 N–H and O–H groups in total. The summed E-state index contributed by atoms with van der Waals surface area (Å²) in [5.74, 6) is -0.396. The molecular weight excluding hydrogens is 309 g/mol. The first-order valence-electron chi connectivity index (χ1n) is 7.98. The van der Waals surface area contributed by atoms with Gasteiger partial charge >= 0.3 is 0 Å². The summed E-state index contributed by atoms with van der Waals surface area (Å²) in [6.07, 6.45) is 4.14. The van der Waals surface area contributed by atoms with Crippen molar-refractivity contribution in [3.63, 3.8) is 0 Å². The van der Waals surface area contributed by atoms with Crippen molar-refractivity contribution in [1.82, 2.24) is 14.9 Å². The quantitative estimate of drug-likeness (QED) is 0.896. The molecule has 2 heterocycles. The standard InChI is InChI=1S/C17H20FN5O/c18-13-6-2-1-5-11(13)12-10-21-17(20)22-16(12)14-7-3-4-8-23(14)15(24)9-19/h1-2,5-6,10,14H,3-4,7-9,19H2,(H2,20,21,22). The average Bonchev–Trinajstić information content (AvgIpc) is 2.62. The zero-order valence-electron chi connectivity index (χ0n) is 13.3. The normalized spacial score (nSPS) is 17.8. The number of aromatic nitrogens is 2. The highest BCUT2D eigenvalue weighted by Gasteiger charge is 2.31. The van der Waals surface area contributed by atoms with Crippen LogP contribution in [0.1, 0.15) is 31.0 Å². The summed E-state index contributed by atoms with van der Waals surface area (Å²) < 4.78 is 14.3. The van der Waals surface area contributed by atoms with E-state index in [-0.39, 0.29) is 30.3 Å². The van der Waals surface area contributed by atoms with Crippen LogP contribution in [0, 0.1) is 5.82 Å². The van der Waals surface area contributed by atoms with Crippen molar-refractivity contribution >= 4 is 11.9 Å². The predicted octanol–water partition coefficient (Wildman–Crippen LogP) is 1.88. The van der Waals surface area contributed by atoms with Crippen molar-refractivity contribution in [3.05, 3.63) is 42.0 Å². The maximum absolute atomic E-state index is 14.3. The Morgan fingerprint density at radius 1 is 1.29 bits per heavy atom. The van der Waals surface area contributed by atoms with E-state index in [1.165, 1.54) is 12.3 Å². The van der Waals surface area contributed by atoms with Crippen LogP contribution in [-0.2, 0) is 4.79 Å². The third-order valence-electron chi connectivity index (χ3n) is 4.31. The lowest BCUT2D eigenvalue weighted by Gasteiger charge is -2.36. The number of anilines is 1. The SMILES string of the molecule is NCC(=O)N1CCCCC1c1nc(N)ncc1-c1ccccc1F. The topological polar surface area (TPSA) is 98.1 Å². The highest BCUT2D eigenvalue weighted by Crippen LogP contribution is 2.36. The van der Waals surface area contributed by atoms with E-state index in [1.54, 1.807) is 23.1 Å². The van der Waals surface area contributed by atoms with Crippen LogP contribution in [0.2, 0.25) is 0 Å². The molecule has 0 bridgehead atoms. The van der Waals surface area contributed by atoms with Gasteiger partial charge in [-0.3, -0.25) is 4.79 Å². The Labute approximate surface area is 139 Å². The van der Waals surface area contributed by atoms with Gasteiger partial charge in [0.25, 0.3) is 0 Å². The Morgan fingerprint density at radius 2 is 2.08 bits per heavy atom. The molecule has 1 aromatic carbocycles. The zero-order chi connectivity index (χ0) is 17.1. The van der Waals surface area contributed by atoms with Crippen molar-refractivity contribution in [2.24, 2.45) is 5.73 Å². The first-order chi connectivity index (χ1) is 11.6. The van der Waals surface area contributed by atoms with E-state index in [9.17, 15) is 9.18 Å². The maximum atomic E-state index is 14.3. The average molecular weight is 329 g/mol. The fourth-order valence-corrected chi connectivity index (χ4v) is 3.18. The Morgan fingerprint density at radius 3 is 2.83 bits per heavy atom. The fourth-order valence-electron chi connectivity index (χ4n) is 3.18. The fraction of sp³-hybridized carbons (Fsp3) is 0.353. The maximum Gasteiger partial charge on any atom is 0.236 e. The Kier molecular flexibility index (Phi) is 4.71. The summed E-state index contributed by atoms with van der Waals surface area (Å²) in [6, 6.07) is 6.17. The molecule has 7 heteroatoms. The number of nitrogens with zero attached hydrogens (tertiary/aromatic N) is 3. The summed E-state index contributed by atoms with van der Waals surface area (Å²) in [4.78, 5) is 22.3. The van der Waals surface area contributed by atoms with Gasteiger partial charge in [0.1, 0.15) is 5.82 Å². The van der Waals surface area contributed by atoms with Crippen molar-refractivity contribution in [2.45, 2.75) is 25.3 Å². The lowest BCUT2D eigenvalue weighted by molar-refractivity contribution is -0.133. The van der Waals surface area contributed by atoms with E-state index in [0.717, 1.165) is 19.3 Å². The van der Waals surface area contributed by atoms with E-state index >= 15 is 0 Å². The molecule has 0 saturated carbocycles. The van der Waals surface area contributed by atoms with Gasteiger partial charge in [-0.25, -0.2) is 14.4 Å². The molecule has 0 aliphatic carbocycles. The minimum absolute atomic E-state index is 0.0634. The van der Waals surface area contributed by atoms with Gasteiger partial charge in [0, 0.05) is 23.9 Å². The molecule has 1 aromatic heterocycles. The van der Waals surface area contributed by atoms with Crippen LogP contribution in [0.15, 0.2) is 30.5 Å². The molecule has 1 aliphatic heterocycles. The monoisotopic (exact) mass is 329 g/mol. The van der Waals surface area contributed by atoms with Gasteiger partial charge in [0.05, 0.1) is 18.3 Å². The van der Waals surface area contributed by atoms with Gasteiger partial charge in [-0.1, -0.05) is 18.2 Å². The van der Waals surface area contributed by atoms with E-state index in [4.69, 9.17) is 11.5 Å². The smallest absolute Gasteiger partial charge is 0.236 e. The summed E-state index contributed by atoms with van der Waals surface area (Å²) in [7, 11) is 0. The van der Waals surface area contributed by atoms with Crippen molar-refractivity contribution in [1.29, 1.82) is 0 Å². The van der Waals surface area contributed by atoms with Gasteiger partial charge in [0.15, 0.2) is 0 Å². The highest BCUT2D eigenvalue weighted by molar-refractivity contribution is 5.79. The van der Waals surface area contributed by atoms with Crippen LogP contribution >= 0.6 is 0 Å². The van der Waals surface area contributed by atoms with E-state index < -0.39 is 0 Å². The minimum Gasteiger partial charge on any atom is -0.368 e. The lowest BCUT2D eigenvalue weighted by Crippen LogP contribution is -2.42. The van der Waals surface area contributed by atoms with Crippen LogP contribution in [0.3, 0.4) is 0 Å². The molecule has 2 aromatic rings. The molecule has 24 heavy (non-hydrogen) atoms. The molecule has 1 fully saturated rings. The minimum atomic E-state index is -0.361. The number of nitrogens with two attached hydrogens (primary N) is 2. The molecule has 0 radical (unpaired) electrons.